The largest absolute Gasteiger partial charge is 0.294 e. The Morgan fingerprint density at radius 1 is 0.938 bits per heavy atom. The van der Waals surface area contributed by atoms with E-state index in [2.05, 4.69) is 33.8 Å². The number of rotatable bonds is 3. The van der Waals surface area contributed by atoms with E-state index in [4.69, 9.17) is 0 Å². The van der Waals surface area contributed by atoms with Crippen LogP contribution in [0.4, 0.5) is 0 Å². The van der Waals surface area contributed by atoms with Gasteiger partial charge in [0.1, 0.15) is 0 Å². The molecular weight excluding hydrogens is 196 g/mol. The van der Waals surface area contributed by atoms with Gasteiger partial charge in [-0.15, -0.1) is 0 Å². The Balaban J connectivity index is 3.14. The number of Topliss-reactive ketones (excluding diaryl/α,β-unsaturated/α-hetero) is 1. The van der Waals surface area contributed by atoms with Crippen molar-refractivity contribution in [1.29, 1.82) is 0 Å². The fraction of sp³-hybridized carbons (Fsp3) is 0.533. The number of aryl methyl sites for hydroxylation is 3. The third-order valence-electron chi connectivity index (χ3n) is 3.52. The highest BCUT2D eigenvalue weighted by molar-refractivity contribution is 5.99. The second-order valence-corrected chi connectivity index (χ2v) is 5.15. The van der Waals surface area contributed by atoms with Gasteiger partial charge < -0.3 is 0 Å². The average molecular weight is 218 g/mol. The number of benzene rings is 1. The van der Waals surface area contributed by atoms with Gasteiger partial charge in [-0.2, -0.15) is 0 Å². The van der Waals surface area contributed by atoms with Crippen LogP contribution in [-0.2, 0) is 0 Å². The van der Waals surface area contributed by atoms with Crippen LogP contribution in [0.1, 0.15) is 47.8 Å². The van der Waals surface area contributed by atoms with Crippen molar-refractivity contribution in [3.63, 3.8) is 0 Å². The van der Waals surface area contributed by atoms with Crippen molar-refractivity contribution in [2.45, 2.75) is 41.5 Å². The zero-order valence-corrected chi connectivity index (χ0v) is 11.2. The smallest absolute Gasteiger partial charge is 0.166 e. The van der Waals surface area contributed by atoms with Gasteiger partial charge in [0.2, 0.25) is 0 Å². The summed E-state index contributed by atoms with van der Waals surface area (Å²) >= 11 is 0. The van der Waals surface area contributed by atoms with Gasteiger partial charge in [0, 0.05) is 11.5 Å². The van der Waals surface area contributed by atoms with Crippen molar-refractivity contribution in [2.75, 3.05) is 0 Å². The molecule has 0 radical (unpaired) electrons. The topological polar surface area (TPSA) is 17.1 Å². The lowest BCUT2D eigenvalue weighted by Crippen LogP contribution is -2.18. The highest BCUT2D eigenvalue weighted by Crippen LogP contribution is 2.22. The molecule has 0 saturated carbocycles. The van der Waals surface area contributed by atoms with Crippen LogP contribution in [0.2, 0.25) is 0 Å². The van der Waals surface area contributed by atoms with Gasteiger partial charge in [0.05, 0.1) is 0 Å². The van der Waals surface area contributed by atoms with Gasteiger partial charge >= 0.3 is 0 Å². The van der Waals surface area contributed by atoms with E-state index in [9.17, 15) is 4.79 Å². The number of hydrogen-bond donors (Lipinski definition) is 0. The van der Waals surface area contributed by atoms with Gasteiger partial charge in [-0.25, -0.2) is 0 Å². The first-order valence-electron chi connectivity index (χ1n) is 5.96. The van der Waals surface area contributed by atoms with E-state index in [1.54, 1.807) is 0 Å². The molecule has 1 heteroatoms. The molecule has 1 nitrogen and oxygen atoms in total. The fourth-order valence-electron chi connectivity index (χ4n) is 1.77. The van der Waals surface area contributed by atoms with E-state index in [1.165, 1.54) is 11.1 Å². The zero-order chi connectivity index (χ0) is 12.5. The van der Waals surface area contributed by atoms with E-state index >= 15 is 0 Å². The maximum Gasteiger partial charge on any atom is 0.166 e. The Bertz CT molecular complexity index is 402. The standard InChI is InChI=1S/C15H22O/c1-9(2)13(6)15(16)14-8-11(4)10(3)7-12(14)5/h7-9,13H,1-6H3. The molecule has 0 aliphatic rings. The summed E-state index contributed by atoms with van der Waals surface area (Å²) in [6, 6.07) is 4.14. The number of carbonyl (C=O) groups is 1. The van der Waals surface area contributed by atoms with Gasteiger partial charge in [0.25, 0.3) is 0 Å². The summed E-state index contributed by atoms with van der Waals surface area (Å²) in [7, 11) is 0. The van der Waals surface area contributed by atoms with Crippen molar-refractivity contribution in [3.05, 3.63) is 34.4 Å². The summed E-state index contributed by atoms with van der Waals surface area (Å²) in [6.45, 7) is 12.4. The van der Waals surface area contributed by atoms with Crippen LogP contribution < -0.4 is 0 Å². The lowest BCUT2D eigenvalue weighted by atomic mass is 9.87. The summed E-state index contributed by atoms with van der Waals surface area (Å²) < 4.78 is 0. The zero-order valence-electron chi connectivity index (χ0n) is 11.2. The minimum absolute atomic E-state index is 0.0980. The molecule has 0 aromatic heterocycles. The summed E-state index contributed by atoms with van der Waals surface area (Å²) in [4.78, 5) is 12.3. The maximum absolute atomic E-state index is 12.3. The van der Waals surface area contributed by atoms with Crippen LogP contribution in [-0.4, -0.2) is 5.78 Å². The SMILES string of the molecule is Cc1cc(C)c(C(=O)C(C)C(C)C)cc1C. The van der Waals surface area contributed by atoms with Crippen LogP contribution in [0.25, 0.3) is 0 Å². The molecule has 0 spiro atoms. The van der Waals surface area contributed by atoms with E-state index in [-0.39, 0.29) is 11.7 Å². The second kappa shape index (κ2) is 4.82. The van der Waals surface area contributed by atoms with E-state index < -0.39 is 0 Å². The minimum Gasteiger partial charge on any atom is -0.294 e. The van der Waals surface area contributed by atoms with Crippen molar-refractivity contribution in [1.82, 2.24) is 0 Å². The molecule has 0 N–H and O–H groups in total. The lowest BCUT2D eigenvalue weighted by Gasteiger charge is -2.16. The molecule has 0 aliphatic carbocycles. The van der Waals surface area contributed by atoms with Gasteiger partial charge in [-0.3, -0.25) is 4.79 Å². The van der Waals surface area contributed by atoms with Crippen LogP contribution in [0, 0.1) is 32.6 Å². The highest BCUT2D eigenvalue weighted by atomic mass is 16.1. The summed E-state index contributed by atoms with van der Waals surface area (Å²) in [5, 5.41) is 0. The number of ketones is 1. The van der Waals surface area contributed by atoms with Crippen molar-refractivity contribution < 1.29 is 4.79 Å². The van der Waals surface area contributed by atoms with Gasteiger partial charge in [-0.1, -0.05) is 26.8 Å². The average Bonchev–Trinajstić information content (AvgIpc) is 2.21. The normalized spacial score (nSPS) is 12.9. The molecule has 1 rings (SSSR count). The van der Waals surface area contributed by atoms with Crippen molar-refractivity contribution in [2.24, 2.45) is 11.8 Å². The predicted octanol–water partition coefficient (Wildman–Crippen LogP) is 4.09. The lowest BCUT2D eigenvalue weighted by molar-refractivity contribution is 0.0899. The fourth-order valence-corrected chi connectivity index (χ4v) is 1.77. The Morgan fingerprint density at radius 3 is 1.94 bits per heavy atom. The third-order valence-corrected chi connectivity index (χ3v) is 3.52. The molecule has 0 saturated heterocycles. The highest BCUT2D eigenvalue weighted by Gasteiger charge is 2.20. The molecule has 0 bridgehead atoms. The number of carbonyl (C=O) groups excluding carboxylic acids is 1. The second-order valence-electron chi connectivity index (χ2n) is 5.15. The molecule has 1 aromatic rings. The predicted molar refractivity (Wildman–Crippen MR) is 69.0 cm³/mol. The molecule has 1 aromatic carbocycles. The van der Waals surface area contributed by atoms with E-state index in [0.717, 1.165) is 11.1 Å². The maximum atomic E-state index is 12.3. The quantitative estimate of drug-likeness (QED) is 0.698. The Kier molecular flexibility index (Phi) is 3.90. The van der Waals surface area contributed by atoms with Crippen LogP contribution in [0.5, 0.6) is 0 Å². The Hall–Kier alpha value is -1.11. The molecule has 0 fully saturated rings. The Labute approximate surface area is 98.9 Å². The Morgan fingerprint density at radius 2 is 1.44 bits per heavy atom. The van der Waals surface area contributed by atoms with Gasteiger partial charge in [-0.05, 0) is 49.4 Å². The third kappa shape index (κ3) is 2.52. The van der Waals surface area contributed by atoms with Gasteiger partial charge in [0.15, 0.2) is 5.78 Å². The minimum atomic E-state index is 0.0980. The monoisotopic (exact) mass is 218 g/mol. The van der Waals surface area contributed by atoms with Crippen LogP contribution in [0.15, 0.2) is 12.1 Å². The molecule has 1 unspecified atom stereocenters. The molecule has 0 aliphatic heterocycles. The van der Waals surface area contributed by atoms with E-state index in [1.807, 2.05) is 19.9 Å². The first kappa shape index (κ1) is 13.0. The molecule has 0 amide bonds. The number of hydrogen-bond acceptors (Lipinski definition) is 1. The summed E-state index contributed by atoms with van der Waals surface area (Å²) in [5.41, 5.74) is 4.45. The first-order valence-corrected chi connectivity index (χ1v) is 5.96. The van der Waals surface area contributed by atoms with Crippen LogP contribution >= 0.6 is 0 Å². The first-order chi connectivity index (χ1) is 7.34. The molecule has 1 atom stereocenters. The summed E-state index contributed by atoms with van der Waals surface area (Å²) in [6.07, 6.45) is 0. The van der Waals surface area contributed by atoms with Crippen molar-refractivity contribution >= 4 is 5.78 Å². The molecule has 16 heavy (non-hydrogen) atoms. The molecule has 88 valence electrons. The van der Waals surface area contributed by atoms with Crippen molar-refractivity contribution in [3.8, 4) is 0 Å². The molecular formula is C15H22O. The molecule has 0 heterocycles. The summed E-state index contributed by atoms with van der Waals surface area (Å²) in [5.74, 6) is 0.768. The van der Waals surface area contributed by atoms with E-state index in [0.29, 0.717) is 5.92 Å². The van der Waals surface area contributed by atoms with Crippen LogP contribution in [0.3, 0.4) is 0 Å².